The molecule has 0 bridgehead atoms. The van der Waals surface area contributed by atoms with Crippen molar-refractivity contribution in [3.05, 3.63) is 41.7 Å². The lowest BCUT2D eigenvalue weighted by molar-refractivity contribution is 0.0467. The lowest BCUT2D eigenvalue weighted by Crippen LogP contribution is -2.30. The number of hydrogen-bond donors (Lipinski definition) is 2. The molecule has 98 valence electrons. The maximum absolute atomic E-state index is 10.3. The molecule has 2 N–H and O–H groups in total. The van der Waals surface area contributed by atoms with E-state index < -0.39 is 5.60 Å². The van der Waals surface area contributed by atoms with Crippen LogP contribution in [0.4, 0.5) is 5.82 Å². The van der Waals surface area contributed by atoms with Crippen molar-refractivity contribution in [1.29, 1.82) is 5.26 Å². The van der Waals surface area contributed by atoms with Gasteiger partial charge in [0.2, 0.25) is 0 Å². The van der Waals surface area contributed by atoms with Crippen molar-refractivity contribution in [2.75, 3.05) is 11.9 Å². The van der Waals surface area contributed by atoms with Crippen LogP contribution >= 0.6 is 0 Å². The van der Waals surface area contributed by atoms with Crippen molar-refractivity contribution in [2.45, 2.75) is 19.4 Å². The molecule has 2 rings (SSSR count). The minimum absolute atomic E-state index is 0.223. The van der Waals surface area contributed by atoms with Crippen molar-refractivity contribution in [1.82, 2.24) is 9.97 Å². The molecule has 1 unspecified atom stereocenters. The number of rotatable bonds is 4. The van der Waals surface area contributed by atoms with Crippen LogP contribution in [-0.2, 0) is 5.60 Å². The molecule has 19 heavy (non-hydrogen) atoms. The van der Waals surface area contributed by atoms with Crippen LogP contribution in [0.1, 0.15) is 24.1 Å². The van der Waals surface area contributed by atoms with Gasteiger partial charge < -0.3 is 14.8 Å². The first-order chi connectivity index (χ1) is 9.01. The fourth-order valence-electron chi connectivity index (χ4n) is 1.55. The van der Waals surface area contributed by atoms with E-state index in [-0.39, 0.29) is 12.2 Å². The zero-order valence-corrected chi connectivity index (χ0v) is 10.7. The van der Waals surface area contributed by atoms with Gasteiger partial charge in [-0.15, -0.1) is 0 Å². The average Bonchev–Trinajstić information content (AvgIpc) is 2.85. The maximum atomic E-state index is 10.3. The Bertz CT molecular complexity index is 596. The zero-order valence-electron chi connectivity index (χ0n) is 10.7. The van der Waals surface area contributed by atoms with Gasteiger partial charge in [0.15, 0.2) is 5.69 Å². The molecule has 0 spiro atoms. The summed E-state index contributed by atoms with van der Waals surface area (Å²) in [5, 5.41) is 21.9. The fraction of sp³-hybridized carbons (Fsp3) is 0.308. The van der Waals surface area contributed by atoms with Crippen LogP contribution < -0.4 is 5.32 Å². The van der Waals surface area contributed by atoms with E-state index in [4.69, 9.17) is 9.68 Å². The molecule has 0 amide bonds. The van der Waals surface area contributed by atoms with Crippen molar-refractivity contribution < 1.29 is 9.52 Å². The fourth-order valence-corrected chi connectivity index (χ4v) is 1.55. The molecule has 2 aromatic rings. The predicted molar refractivity (Wildman–Crippen MR) is 68.3 cm³/mol. The molecule has 0 saturated heterocycles. The molecular formula is C13H14N4O2. The second kappa shape index (κ2) is 5.08. The van der Waals surface area contributed by atoms with Gasteiger partial charge in [-0.3, -0.25) is 0 Å². The van der Waals surface area contributed by atoms with E-state index in [0.717, 1.165) is 5.76 Å². The molecule has 2 heterocycles. The lowest BCUT2D eigenvalue weighted by Gasteiger charge is -2.21. The summed E-state index contributed by atoms with van der Waals surface area (Å²) in [6.45, 7) is 3.69. The second-order valence-corrected chi connectivity index (χ2v) is 4.44. The zero-order chi connectivity index (χ0) is 13.9. The van der Waals surface area contributed by atoms with Gasteiger partial charge >= 0.3 is 0 Å². The first-order valence-corrected chi connectivity index (χ1v) is 5.76. The summed E-state index contributed by atoms with van der Waals surface area (Å²) < 4.78 is 5.40. The summed E-state index contributed by atoms with van der Waals surface area (Å²) >= 11 is 0. The minimum Gasteiger partial charge on any atom is -0.463 e. The molecule has 6 nitrogen and oxygen atoms in total. The Kier molecular flexibility index (Phi) is 3.49. The molecule has 0 radical (unpaired) electrons. The quantitative estimate of drug-likeness (QED) is 0.864. The van der Waals surface area contributed by atoms with E-state index in [1.165, 1.54) is 12.4 Å². The van der Waals surface area contributed by atoms with Crippen LogP contribution in [-0.4, -0.2) is 21.6 Å². The molecule has 0 aromatic carbocycles. The third kappa shape index (κ3) is 3.09. The summed E-state index contributed by atoms with van der Waals surface area (Å²) in [4.78, 5) is 7.90. The Morgan fingerprint density at radius 3 is 2.74 bits per heavy atom. The van der Waals surface area contributed by atoms with E-state index in [1.54, 1.807) is 19.1 Å². The first-order valence-electron chi connectivity index (χ1n) is 5.76. The Morgan fingerprint density at radius 1 is 1.42 bits per heavy atom. The van der Waals surface area contributed by atoms with Gasteiger partial charge in [-0.05, 0) is 26.0 Å². The number of aryl methyl sites for hydroxylation is 1. The number of nitriles is 1. The highest BCUT2D eigenvalue weighted by Gasteiger charge is 2.26. The Labute approximate surface area is 110 Å². The standard InChI is InChI=1S/C13H14N4O2/c1-9-3-4-11(19-9)13(2,18)8-17-12-7-15-10(5-14)6-16-12/h3-4,6-7,18H,8H2,1-2H3,(H,16,17). The topological polar surface area (TPSA) is 95.0 Å². The number of hydrogen-bond acceptors (Lipinski definition) is 6. The highest BCUT2D eigenvalue weighted by atomic mass is 16.4. The number of nitrogens with zero attached hydrogens (tertiary/aromatic N) is 3. The van der Waals surface area contributed by atoms with Gasteiger partial charge in [0.05, 0.1) is 18.9 Å². The summed E-state index contributed by atoms with van der Waals surface area (Å²) in [6.07, 6.45) is 2.82. The van der Waals surface area contributed by atoms with Crippen LogP contribution in [0.2, 0.25) is 0 Å². The normalized spacial score (nSPS) is 13.6. The van der Waals surface area contributed by atoms with E-state index in [9.17, 15) is 5.11 Å². The average molecular weight is 258 g/mol. The van der Waals surface area contributed by atoms with Crippen molar-refractivity contribution in [3.63, 3.8) is 0 Å². The molecule has 6 heteroatoms. The van der Waals surface area contributed by atoms with Gasteiger partial charge in [-0.2, -0.15) is 5.26 Å². The number of furan rings is 1. The molecule has 0 aliphatic heterocycles. The van der Waals surface area contributed by atoms with Gasteiger partial charge in [0.25, 0.3) is 0 Å². The number of anilines is 1. The van der Waals surface area contributed by atoms with E-state index in [1.807, 2.05) is 13.0 Å². The van der Waals surface area contributed by atoms with E-state index >= 15 is 0 Å². The summed E-state index contributed by atoms with van der Waals surface area (Å²) in [6, 6.07) is 5.42. The number of aromatic nitrogens is 2. The van der Waals surface area contributed by atoms with Crippen LogP contribution in [0.5, 0.6) is 0 Å². The summed E-state index contributed by atoms with van der Waals surface area (Å²) in [5.74, 6) is 1.72. The third-order valence-corrected chi connectivity index (χ3v) is 2.65. The smallest absolute Gasteiger partial charge is 0.158 e. The molecule has 0 fully saturated rings. The van der Waals surface area contributed by atoms with E-state index in [2.05, 4.69) is 15.3 Å². The Balaban J connectivity index is 2.03. The highest BCUT2D eigenvalue weighted by Crippen LogP contribution is 2.23. The van der Waals surface area contributed by atoms with Gasteiger partial charge in [0, 0.05) is 0 Å². The van der Waals surface area contributed by atoms with Crippen LogP contribution in [0.15, 0.2) is 28.9 Å². The highest BCUT2D eigenvalue weighted by molar-refractivity contribution is 5.34. The Hall–Kier alpha value is -2.39. The predicted octanol–water partition coefficient (Wildman–Crippen LogP) is 1.57. The minimum atomic E-state index is -1.15. The van der Waals surface area contributed by atoms with E-state index in [0.29, 0.717) is 11.6 Å². The van der Waals surface area contributed by atoms with Gasteiger partial charge in [-0.25, -0.2) is 9.97 Å². The van der Waals surface area contributed by atoms with Gasteiger partial charge in [0.1, 0.15) is 29.0 Å². The van der Waals surface area contributed by atoms with Crippen LogP contribution in [0.3, 0.4) is 0 Å². The molecule has 2 aromatic heterocycles. The largest absolute Gasteiger partial charge is 0.463 e. The SMILES string of the molecule is Cc1ccc(C(C)(O)CNc2cnc(C#N)cn2)o1. The number of nitrogens with one attached hydrogen (secondary N) is 1. The van der Waals surface area contributed by atoms with Crippen LogP contribution in [0.25, 0.3) is 0 Å². The summed E-state index contributed by atoms with van der Waals surface area (Å²) in [7, 11) is 0. The molecule has 0 aliphatic carbocycles. The molecule has 1 atom stereocenters. The number of aliphatic hydroxyl groups is 1. The Morgan fingerprint density at radius 2 is 2.21 bits per heavy atom. The third-order valence-electron chi connectivity index (χ3n) is 2.65. The first kappa shape index (κ1) is 13.1. The van der Waals surface area contributed by atoms with Crippen molar-refractivity contribution in [3.8, 4) is 6.07 Å². The van der Waals surface area contributed by atoms with Crippen molar-refractivity contribution in [2.24, 2.45) is 0 Å². The molecular weight excluding hydrogens is 244 g/mol. The lowest BCUT2D eigenvalue weighted by atomic mass is 10.0. The monoisotopic (exact) mass is 258 g/mol. The maximum Gasteiger partial charge on any atom is 0.158 e. The summed E-state index contributed by atoms with van der Waals surface area (Å²) in [5.41, 5.74) is -0.900. The van der Waals surface area contributed by atoms with Gasteiger partial charge in [-0.1, -0.05) is 0 Å². The van der Waals surface area contributed by atoms with Crippen molar-refractivity contribution >= 4 is 5.82 Å². The second-order valence-electron chi connectivity index (χ2n) is 4.44. The van der Waals surface area contributed by atoms with Crippen LogP contribution in [0, 0.1) is 18.3 Å². The molecule has 0 saturated carbocycles. The molecule has 0 aliphatic rings.